The molecule has 4 aromatic rings. The Balaban J connectivity index is 1.52. The summed E-state index contributed by atoms with van der Waals surface area (Å²) in [5.41, 5.74) is 0.276. The Morgan fingerprint density at radius 3 is 2.33 bits per heavy atom. The van der Waals surface area contributed by atoms with Gasteiger partial charge in [-0.05, 0) is 54.8 Å². The fourth-order valence-electron chi connectivity index (χ4n) is 3.87. The molecule has 0 spiro atoms. The lowest BCUT2D eigenvalue weighted by molar-refractivity contribution is -0.136. The molecule has 0 aliphatic rings. The Morgan fingerprint density at radius 2 is 1.64 bits per heavy atom. The van der Waals surface area contributed by atoms with Crippen LogP contribution in [0, 0.1) is 0 Å². The number of H-pyrrole nitrogens is 1. The van der Waals surface area contributed by atoms with Gasteiger partial charge in [-0.2, -0.15) is 13.2 Å². The van der Waals surface area contributed by atoms with Crippen LogP contribution in [0.25, 0.3) is 10.9 Å². The molecular formula is C26H23F3N2O4S. The van der Waals surface area contributed by atoms with Gasteiger partial charge in [0, 0.05) is 29.1 Å². The minimum absolute atomic E-state index is 0.0565. The van der Waals surface area contributed by atoms with Gasteiger partial charge >= 0.3 is 6.18 Å². The zero-order valence-electron chi connectivity index (χ0n) is 19.2. The molecule has 0 aliphatic carbocycles. The van der Waals surface area contributed by atoms with Crippen molar-refractivity contribution in [1.29, 1.82) is 0 Å². The molecule has 2 N–H and O–H groups in total. The molecule has 0 saturated heterocycles. The first kappa shape index (κ1) is 25.5. The van der Waals surface area contributed by atoms with Gasteiger partial charge in [0.2, 0.25) is 15.6 Å². The van der Waals surface area contributed by atoms with Crippen LogP contribution in [0.4, 0.5) is 13.2 Å². The third-order valence-electron chi connectivity index (χ3n) is 5.58. The van der Waals surface area contributed by atoms with E-state index < -0.39 is 27.3 Å². The monoisotopic (exact) mass is 516 g/mol. The molecule has 10 heteroatoms. The number of rotatable bonds is 8. The normalized spacial score (nSPS) is 12.1. The molecule has 1 heterocycles. The molecule has 0 fully saturated rings. The Hall–Kier alpha value is -3.63. The van der Waals surface area contributed by atoms with Crippen molar-refractivity contribution < 1.29 is 26.3 Å². The van der Waals surface area contributed by atoms with Crippen molar-refractivity contribution in [2.45, 2.75) is 31.0 Å². The van der Waals surface area contributed by atoms with Crippen molar-refractivity contribution in [3.8, 4) is 5.75 Å². The van der Waals surface area contributed by atoms with Crippen molar-refractivity contribution >= 4 is 20.9 Å². The molecule has 0 bridgehead atoms. The number of ether oxygens (including phenoxy) is 1. The summed E-state index contributed by atoms with van der Waals surface area (Å²) < 4.78 is 73.9. The third kappa shape index (κ3) is 5.77. The summed E-state index contributed by atoms with van der Waals surface area (Å²) in [6.45, 7) is 2.36. The van der Waals surface area contributed by atoms with Gasteiger partial charge in [-0.1, -0.05) is 36.4 Å². The fourth-order valence-corrected chi connectivity index (χ4v) is 4.88. The summed E-state index contributed by atoms with van der Waals surface area (Å²) >= 11 is 0. The number of benzene rings is 3. The van der Waals surface area contributed by atoms with Gasteiger partial charge in [-0.25, -0.2) is 13.1 Å². The van der Waals surface area contributed by atoms with Gasteiger partial charge in [-0.3, -0.25) is 4.79 Å². The Kier molecular flexibility index (Phi) is 7.18. The minimum Gasteiger partial charge on any atom is -0.494 e. The molecular weight excluding hydrogens is 493 g/mol. The fraction of sp³-hybridized carbons (Fsp3) is 0.192. The van der Waals surface area contributed by atoms with Gasteiger partial charge < -0.3 is 9.72 Å². The lowest BCUT2D eigenvalue weighted by Gasteiger charge is -2.12. The number of halogens is 3. The van der Waals surface area contributed by atoms with Crippen molar-refractivity contribution in [1.82, 2.24) is 9.71 Å². The van der Waals surface area contributed by atoms with Crippen LogP contribution in [0.1, 0.15) is 29.2 Å². The molecule has 0 amide bonds. The molecule has 0 atom stereocenters. The highest BCUT2D eigenvalue weighted by molar-refractivity contribution is 7.89. The van der Waals surface area contributed by atoms with Crippen LogP contribution in [-0.4, -0.2) is 20.0 Å². The summed E-state index contributed by atoms with van der Waals surface area (Å²) in [6.07, 6.45) is -4.39. The number of pyridine rings is 1. The van der Waals surface area contributed by atoms with Crippen LogP contribution in [0.2, 0.25) is 0 Å². The lowest BCUT2D eigenvalue weighted by atomic mass is 10.0. The number of fused-ring (bicyclic) bond motifs is 1. The summed E-state index contributed by atoms with van der Waals surface area (Å²) in [5, 5.41) is -0.102. The smallest absolute Gasteiger partial charge is 0.417 e. The zero-order chi connectivity index (χ0) is 25.9. The van der Waals surface area contributed by atoms with Crippen LogP contribution < -0.4 is 15.0 Å². The van der Waals surface area contributed by atoms with E-state index in [1.165, 1.54) is 24.3 Å². The van der Waals surface area contributed by atoms with E-state index in [9.17, 15) is 26.4 Å². The summed E-state index contributed by atoms with van der Waals surface area (Å²) in [5.74, 6) is 0.603. The van der Waals surface area contributed by atoms with Gasteiger partial charge in [0.1, 0.15) is 5.75 Å². The predicted octanol–water partition coefficient (Wildman–Crippen LogP) is 5.01. The second-order valence-corrected chi connectivity index (χ2v) is 9.88. The molecule has 0 radical (unpaired) electrons. The van der Waals surface area contributed by atoms with Crippen molar-refractivity contribution in [2.75, 3.05) is 6.61 Å². The van der Waals surface area contributed by atoms with Crippen LogP contribution in [-0.2, 0) is 29.2 Å². The SMILES string of the molecule is CCOc1ccccc1CNS(=O)(=O)c1ccc(Cc2ccc3[nH]c(=O)cc(C(F)(F)F)c3c2)cc1. The largest absolute Gasteiger partial charge is 0.494 e. The molecule has 4 rings (SSSR count). The Labute approximate surface area is 205 Å². The van der Waals surface area contributed by atoms with Crippen molar-refractivity contribution in [3.63, 3.8) is 0 Å². The van der Waals surface area contributed by atoms with Gasteiger partial charge in [0.05, 0.1) is 17.1 Å². The number of aromatic amines is 1. The molecule has 0 aliphatic heterocycles. The standard InChI is InChI=1S/C26H23F3N2O4S/c1-2-35-24-6-4-3-5-19(24)16-30-36(33,34)20-10-7-17(8-11-20)13-18-9-12-23-21(14-18)22(26(27,28)29)15-25(32)31-23/h3-12,14-15,30H,2,13,16H2,1H3,(H,31,32). The molecule has 0 saturated carbocycles. The predicted molar refractivity (Wildman–Crippen MR) is 130 cm³/mol. The first-order valence-electron chi connectivity index (χ1n) is 11.1. The van der Waals surface area contributed by atoms with E-state index in [1.54, 1.807) is 42.5 Å². The molecule has 3 aromatic carbocycles. The van der Waals surface area contributed by atoms with E-state index in [2.05, 4.69) is 9.71 Å². The second-order valence-electron chi connectivity index (χ2n) is 8.11. The summed E-state index contributed by atoms with van der Waals surface area (Å²) in [7, 11) is -3.80. The minimum atomic E-state index is -4.67. The maximum Gasteiger partial charge on any atom is 0.417 e. The highest BCUT2D eigenvalue weighted by atomic mass is 32.2. The molecule has 188 valence electrons. The number of sulfonamides is 1. The van der Waals surface area contributed by atoms with Crippen LogP contribution >= 0.6 is 0 Å². The molecule has 36 heavy (non-hydrogen) atoms. The highest BCUT2D eigenvalue weighted by Crippen LogP contribution is 2.33. The number of aromatic nitrogens is 1. The lowest BCUT2D eigenvalue weighted by Crippen LogP contribution is -2.23. The van der Waals surface area contributed by atoms with E-state index in [1.807, 2.05) is 6.92 Å². The van der Waals surface area contributed by atoms with Crippen LogP contribution in [0.5, 0.6) is 5.75 Å². The molecule has 6 nitrogen and oxygen atoms in total. The second kappa shape index (κ2) is 10.2. The topological polar surface area (TPSA) is 88.3 Å². The Bertz CT molecular complexity index is 1550. The first-order chi connectivity index (χ1) is 17.1. The van der Waals surface area contributed by atoms with Crippen molar-refractivity contribution in [3.05, 3.63) is 105 Å². The zero-order valence-corrected chi connectivity index (χ0v) is 20.0. The maximum atomic E-state index is 13.4. The molecule has 1 aromatic heterocycles. The third-order valence-corrected chi connectivity index (χ3v) is 7.00. The van der Waals surface area contributed by atoms with E-state index in [-0.39, 0.29) is 28.8 Å². The van der Waals surface area contributed by atoms with E-state index in [0.717, 1.165) is 0 Å². The van der Waals surface area contributed by atoms with Gasteiger partial charge in [-0.15, -0.1) is 0 Å². The maximum absolute atomic E-state index is 13.4. The van der Waals surface area contributed by atoms with E-state index >= 15 is 0 Å². The Morgan fingerprint density at radius 1 is 0.944 bits per heavy atom. The number of para-hydroxylation sites is 1. The average Bonchev–Trinajstić information content (AvgIpc) is 2.83. The number of nitrogens with one attached hydrogen (secondary N) is 2. The highest BCUT2D eigenvalue weighted by Gasteiger charge is 2.33. The quantitative estimate of drug-likeness (QED) is 0.345. The first-order valence-corrected chi connectivity index (χ1v) is 12.6. The van der Waals surface area contributed by atoms with E-state index in [0.29, 0.717) is 35.1 Å². The number of hydrogen-bond donors (Lipinski definition) is 2. The summed E-state index contributed by atoms with van der Waals surface area (Å²) in [6, 6.07) is 18.3. The average molecular weight is 517 g/mol. The summed E-state index contributed by atoms with van der Waals surface area (Å²) in [4.78, 5) is 14.1. The van der Waals surface area contributed by atoms with Crippen molar-refractivity contribution in [2.24, 2.45) is 0 Å². The number of hydrogen-bond acceptors (Lipinski definition) is 4. The van der Waals surface area contributed by atoms with E-state index in [4.69, 9.17) is 4.74 Å². The van der Waals surface area contributed by atoms with Gasteiger partial charge in [0.15, 0.2) is 0 Å². The van der Waals surface area contributed by atoms with Crippen LogP contribution in [0.3, 0.4) is 0 Å². The van der Waals surface area contributed by atoms with Gasteiger partial charge in [0.25, 0.3) is 0 Å². The number of alkyl halides is 3. The molecule has 0 unspecified atom stereocenters. The van der Waals surface area contributed by atoms with Crippen LogP contribution in [0.15, 0.2) is 82.5 Å².